The number of hydrogen-bond acceptors (Lipinski definition) is 4. The van der Waals surface area contributed by atoms with Crippen molar-refractivity contribution in [3.63, 3.8) is 0 Å². The molecule has 2 aliphatic rings. The summed E-state index contributed by atoms with van der Waals surface area (Å²) in [5.74, 6) is 1.49. The highest BCUT2D eigenvalue weighted by molar-refractivity contribution is 5.46. The van der Waals surface area contributed by atoms with Crippen LogP contribution in [0.25, 0.3) is 0 Å². The van der Waals surface area contributed by atoms with E-state index in [0.717, 1.165) is 49.4 Å². The van der Waals surface area contributed by atoms with Crippen molar-refractivity contribution in [1.29, 1.82) is 0 Å². The number of aliphatic hydroxyl groups is 1. The van der Waals surface area contributed by atoms with E-state index >= 15 is 0 Å². The maximum Gasteiger partial charge on any atom is 0.162 e. The minimum Gasteiger partial charge on any atom is -0.493 e. The Labute approximate surface area is 113 Å². The van der Waals surface area contributed by atoms with Crippen LogP contribution < -0.4 is 9.47 Å². The average Bonchev–Trinajstić information content (AvgIpc) is 3.03. The topological polar surface area (TPSA) is 41.9 Å². The van der Waals surface area contributed by atoms with Crippen LogP contribution in [0.15, 0.2) is 18.2 Å². The average molecular weight is 263 g/mol. The summed E-state index contributed by atoms with van der Waals surface area (Å²) in [4.78, 5) is 2.26. The van der Waals surface area contributed by atoms with Crippen LogP contribution in [0.3, 0.4) is 0 Å². The van der Waals surface area contributed by atoms with Gasteiger partial charge < -0.3 is 19.5 Å². The van der Waals surface area contributed by atoms with Crippen LogP contribution in [0.4, 0.5) is 0 Å². The molecule has 1 saturated carbocycles. The van der Waals surface area contributed by atoms with E-state index in [0.29, 0.717) is 0 Å². The predicted molar refractivity (Wildman–Crippen MR) is 72.7 cm³/mol. The van der Waals surface area contributed by atoms with E-state index in [-0.39, 0.29) is 6.10 Å². The first kappa shape index (κ1) is 12.8. The van der Waals surface area contributed by atoms with Crippen LogP contribution >= 0.6 is 0 Å². The Morgan fingerprint density at radius 2 is 2.11 bits per heavy atom. The Kier molecular flexibility index (Phi) is 3.15. The third kappa shape index (κ3) is 2.55. The molecular formula is C15H21NO3. The second-order valence-corrected chi connectivity index (χ2v) is 5.69. The number of hydrogen-bond donors (Lipinski definition) is 1. The lowest BCUT2D eigenvalue weighted by atomic mass is 10.1. The molecule has 1 saturated heterocycles. The van der Waals surface area contributed by atoms with Gasteiger partial charge in [0.25, 0.3) is 0 Å². The lowest BCUT2D eigenvalue weighted by Crippen LogP contribution is -2.21. The van der Waals surface area contributed by atoms with Crippen molar-refractivity contribution in [2.24, 2.45) is 0 Å². The number of likely N-dealkylation sites (N-methyl/N-ethyl adjacent to an activating group) is 1. The normalized spacial score (nSPS) is 25.3. The van der Waals surface area contributed by atoms with Crippen molar-refractivity contribution in [1.82, 2.24) is 4.90 Å². The van der Waals surface area contributed by atoms with Crippen molar-refractivity contribution < 1.29 is 14.6 Å². The summed E-state index contributed by atoms with van der Waals surface area (Å²) in [6.45, 7) is 2.01. The van der Waals surface area contributed by atoms with Crippen molar-refractivity contribution >= 4 is 0 Å². The maximum atomic E-state index is 10.2. The number of likely N-dealkylation sites (tertiary alicyclic amines) is 1. The predicted octanol–water partition coefficient (Wildman–Crippen LogP) is 1.76. The van der Waals surface area contributed by atoms with Crippen LogP contribution in [-0.4, -0.2) is 43.4 Å². The monoisotopic (exact) mass is 263 g/mol. The lowest BCUT2D eigenvalue weighted by Gasteiger charge is -2.18. The number of benzene rings is 1. The smallest absolute Gasteiger partial charge is 0.162 e. The zero-order valence-electron chi connectivity index (χ0n) is 11.6. The molecular weight excluding hydrogens is 242 g/mol. The molecule has 0 aromatic heterocycles. The number of nitrogens with zero attached hydrogens (tertiary/aromatic N) is 1. The van der Waals surface area contributed by atoms with Gasteiger partial charge in [0.2, 0.25) is 0 Å². The van der Waals surface area contributed by atoms with E-state index in [1.807, 2.05) is 18.2 Å². The second kappa shape index (κ2) is 4.69. The molecule has 1 N–H and O–H groups in total. The van der Waals surface area contributed by atoms with Gasteiger partial charge in [-0.05, 0) is 44.0 Å². The summed E-state index contributed by atoms with van der Waals surface area (Å²) in [5, 5.41) is 10.2. The molecule has 3 rings (SSSR count). The van der Waals surface area contributed by atoms with Gasteiger partial charge in [-0.25, -0.2) is 0 Å². The minimum atomic E-state index is -0.628. The summed E-state index contributed by atoms with van der Waals surface area (Å²) in [6.07, 6.45) is 2.92. The van der Waals surface area contributed by atoms with E-state index in [9.17, 15) is 5.11 Å². The van der Waals surface area contributed by atoms with E-state index in [1.54, 1.807) is 7.11 Å². The van der Waals surface area contributed by atoms with Gasteiger partial charge in [-0.3, -0.25) is 0 Å². The van der Waals surface area contributed by atoms with Gasteiger partial charge in [0, 0.05) is 13.1 Å². The van der Waals surface area contributed by atoms with Crippen LogP contribution in [0.1, 0.15) is 24.8 Å². The first-order chi connectivity index (χ1) is 9.10. The molecule has 2 fully saturated rings. The SMILES string of the molecule is COc1ccc(C2(O)CC2)cc1OC1CCN(C)C1. The molecule has 19 heavy (non-hydrogen) atoms. The quantitative estimate of drug-likeness (QED) is 0.899. The highest BCUT2D eigenvalue weighted by atomic mass is 16.5. The fraction of sp³-hybridized carbons (Fsp3) is 0.600. The Bertz CT molecular complexity index is 470. The Balaban J connectivity index is 1.81. The van der Waals surface area contributed by atoms with Gasteiger partial charge in [-0.1, -0.05) is 6.07 Å². The van der Waals surface area contributed by atoms with Gasteiger partial charge in [-0.15, -0.1) is 0 Å². The van der Waals surface area contributed by atoms with E-state index in [2.05, 4.69) is 11.9 Å². The molecule has 104 valence electrons. The molecule has 4 nitrogen and oxygen atoms in total. The lowest BCUT2D eigenvalue weighted by molar-refractivity contribution is 0.149. The van der Waals surface area contributed by atoms with E-state index in [1.165, 1.54) is 0 Å². The molecule has 1 aromatic rings. The van der Waals surface area contributed by atoms with Crippen molar-refractivity contribution in [3.8, 4) is 11.5 Å². The molecule has 1 atom stereocenters. The van der Waals surface area contributed by atoms with Crippen molar-refractivity contribution in [2.75, 3.05) is 27.2 Å². The zero-order chi connectivity index (χ0) is 13.5. The standard InChI is InChI=1S/C15H21NO3/c1-16-8-5-12(10-16)19-14-9-11(15(17)6-7-15)3-4-13(14)18-2/h3-4,9,12,17H,5-8,10H2,1-2H3. The van der Waals surface area contributed by atoms with Crippen LogP contribution in [0, 0.1) is 0 Å². The number of ether oxygens (including phenoxy) is 2. The summed E-state index contributed by atoms with van der Waals surface area (Å²) in [6, 6.07) is 5.75. The fourth-order valence-corrected chi connectivity index (χ4v) is 2.64. The summed E-state index contributed by atoms with van der Waals surface area (Å²) < 4.78 is 11.4. The molecule has 0 spiro atoms. The molecule has 4 heteroatoms. The molecule has 1 aliphatic carbocycles. The van der Waals surface area contributed by atoms with Crippen molar-refractivity contribution in [2.45, 2.75) is 31.0 Å². The maximum absolute atomic E-state index is 10.2. The molecule has 1 aliphatic heterocycles. The third-order valence-corrected chi connectivity index (χ3v) is 4.07. The van der Waals surface area contributed by atoms with Gasteiger partial charge in [0.1, 0.15) is 6.10 Å². The van der Waals surface area contributed by atoms with Gasteiger partial charge in [0.05, 0.1) is 12.7 Å². The summed E-state index contributed by atoms with van der Waals surface area (Å²) in [7, 11) is 3.75. The summed E-state index contributed by atoms with van der Waals surface area (Å²) >= 11 is 0. The largest absolute Gasteiger partial charge is 0.493 e. The Morgan fingerprint density at radius 3 is 2.68 bits per heavy atom. The van der Waals surface area contributed by atoms with E-state index < -0.39 is 5.60 Å². The third-order valence-electron chi connectivity index (χ3n) is 4.07. The van der Waals surface area contributed by atoms with Gasteiger partial charge in [0.15, 0.2) is 11.5 Å². The van der Waals surface area contributed by atoms with E-state index in [4.69, 9.17) is 9.47 Å². The molecule has 1 unspecified atom stereocenters. The second-order valence-electron chi connectivity index (χ2n) is 5.69. The van der Waals surface area contributed by atoms with Crippen LogP contribution in [0.5, 0.6) is 11.5 Å². The molecule has 1 aromatic carbocycles. The first-order valence-electron chi connectivity index (χ1n) is 6.87. The highest BCUT2D eigenvalue weighted by Crippen LogP contribution is 2.47. The molecule has 0 radical (unpaired) electrons. The first-order valence-corrected chi connectivity index (χ1v) is 6.87. The van der Waals surface area contributed by atoms with Crippen LogP contribution in [-0.2, 0) is 5.60 Å². The van der Waals surface area contributed by atoms with Crippen LogP contribution in [0.2, 0.25) is 0 Å². The Hall–Kier alpha value is -1.26. The Morgan fingerprint density at radius 1 is 1.32 bits per heavy atom. The van der Waals surface area contributed by atoms with Gasteiger partial charge >= 0.3 is 0 Å². The zero-order valence-corrected chi connectivity index (χ0v) is 11.6. The van der Waals surface area contributed by atoms with Crippen molar-refractivity contribution in [3.05, 3.63) is 23.8 Å². The number of methoxy groups -OCH3 is 1. The molecule has 0 amide bonds. The number of rotatable bonds is 4. The summed E-state index contributed by atoms with van der Waals surface area (Å²) in [5.41, 5.74) is 0.311. The van der Waals surface area contributed by atoms with Gasteiger partial charge in [-0.2, -0.15) is 0 Å². The fourth-order valence-electron chi connectivity index (χ4n) is 2.64. The minimum absolute atomic E-state index is 0.211. The molecule has 0 bridgehead atoms. The highest BCUT2D eigenvalue weighted by Gasteiger charge is 2.42. The molecule has 1 heterocycles.